The predicted octanol–water partition coefficient (Wildman–Crippen LogP) is 5.54. The number of anilines is 1. The number of urea groups is 1. The summed E-state index contributed by atoms with van der Waals surface area (Å²) < 4.78 is 103. The third-order valence-electron chi connectivity index (χ3n) is 9.36. The molecule has 17 heteroatoms. The molecule has 0 radical (unpaired) electrons. The second kappa shape index (κ2) is 14.2. The molecule has 6 rings (SSSR count). The molecule has 0 saturated carbocycles. The fraction of sp³-hybridized carbons (Fsp3) is 0.389. The van der Waals surface area contributed by atoms with Crippen LogP contribution in [0.25, 0.3) is 6.08 Å². The number of fused-ring (bicyclic) bond motifs is 1. The largest absolute Gasteiger partial charge is 0.486 e. The number of ether oxygens (including phenoxy) is 3. The molecule has 1 aromatic heterocycles. The molecular weight excluding hydrogens is 712 g/mol. The van der Waals surface area contributed by atoms with Crippen molar-refractivity contribution >= 4 is 29.6 Å². The van der Waals surface area contributed by atoms with E-state index < -0.39 is 60.1 Å². The summed E-state index contributed by atoms with van der Waals surface area (Å²) in [6.07, 6.45) is -7.46. The Hall–Kier alpha value is -5.32. The Bertz CT molecular complexity index is 1880. The number of aromatic nitrogens is 1. The van der Waals surface area contributed by atoms with Gasteiger partial charge in [-0.25, -0.2) is 4.79 Å². The van der Waals surface area contributed by atoms with Crippen LogP contribution in [0.2, 0.25) is 0 Å². The summed E-state index contributed by atoms with van der Waals surface area (Å²) in [6, 6.07) is 10.7. The number of alkyl halides is 6. The van der Waals surface area contributed by atoms with E-state index >= 15 is 0 Å². The molecule has 1 unspecified atom stereocenters. The normalized spacial score (nSPS) is 19.6. The summed E-state index contributed by atoms with van der Waals surface area (Å²) in [7, 11) is 0. The molecule has 3 aliphatic heterocycles. The van der Waals surface area contributed by atoms with Gasteiger partial charge < -0.3 is 29.3 Å². The molecule has 0 aliphatic carbocycles. The first kappa shape index (κ1) is 37.4. The van der Waals surface area contributed by atoms with Crippen molar-refractivity contribution in [2.24, 2.45) is 0 Å². The van der Waals surface area contributed by atoms with Crippen molar-refractivity contribution in [3.05, 3.63) is 89.3 Å². The minimum absolute atomic E-state index is 0.0809. The van der Waals surface area contributed by atoms with Crippen LogP contribution in [-0.2, 0) is 32.1 Å². The van der Waals surface area contributed by atoms with Crippen LogP contribution in [0.4, 0.5) is 36.8 Å². The first-order chi connectivity index (χ1) is 25.1. The minimum Gasteiger partial charge on any atom is -0.486 e. The van der Waals surface area contributed by atoms with Crippen LogP contribution >= 0.6 is 0 Å². The van der Waals surface area contributed by atoms with Crippen LogP contribution in [0.1, 0.15) is 36.2 Å². The van der Waals surface area contributed by atoms with Crippen molar-refractivity contribution in [2.45, 2.75) is 43.9 Å². The molecule has 53 heavy (non-hydrogen) atoms. The monoisotopic (exact) mass is 747 g/mol. The summed E-state index contributed by atoms with van der Waals surface area (Å²) in [5, 5.41) is 2.60. The van der Waals surface area contributed by atoms with E-state index in [9.17, 15) is 40.7 Å². The van der Waals surface area contributed by atoms with Gasteiger partial charge in [-0.2, -0.15) is 26.3 Å². The molecule has 2 aromatic carbocycles. The number of pyridine rings is 1. The van der Waals surface area contributed by atoms with Gasteiger partial charge in [0.1, 0.15) is 19.8 Å². The van der Waals surface area contributed by atoms with Crippen molar-refractivity contribution < 1.29 is 54.9 Å². The number of benzene rings is 2. The highest BCUT2D eigenvalue weighted by molar-refractivity contribution is 6.09. The van der Waals surface area contributed by atoms with Gasteiger partial charge in [0.15, 0.2) is 17.0 Å². The molecule has 1 N–H and O–H groups in total. The smallest absolute Gasteiger partial charge is 0.430 e. The number of halogens is 6. The van der Waals surface area contributed by atoms with E-state index in [2.05, 4.69) is 10.3 Å². The first-order valence-electron chi connectivity index (χ1n) is 16.6. The Morgan fingerprint density at radius 3 is 2.25 bits per heavy atom. The van der Waals surface area contributed by atoms with E-state index in [0.717, 1.165) is 17.0 Å². The standard InChI is InChI=1S/C36H35F6N5O6/c1-3-7-24-18-25(34(35(37,38)39,36(40,41)42)53-22-23-8-5-4-6-9-23)10-11-26(24)45-12-14-46(15-13-45)30(48)21-47-31(49)33(2,44-32(47)50)29-19-27-28(20-43-29)52-17-16-51-27/h3-11,18-20H,12-17,21-22H2,1-2H3,(H,44,50)/b7-3-. The topological polar surface area (TPSA) is 114 Å². The molecule has 4 heterocycles. The highest BCUT2D eigenvalue weighted by Crippen LogP contribution is 2.54. The number of piperazine rings is 1. The molecule has 1 atom stereocenters. The number of amides is 4. The fourth-order valence-electron chi connectivity index (χ4n) is 6.54. The van der Waals surface area contributed by atoms with Gasteiger partial charge in [-0.3, -0.25) is 19.5 Å². The van der Waals surface area contributed by atoms with E-state index in [1.54, 1.807) is 17.9 Å². The zero-order valence-corrected chi connectivity index (χ0v) is 28.6. The van der Waals surface area contributed by atoms with Crippen LogP contribution in [0.15, 0.2) is 66.9 Å². The molecule has 2 fully saturated rings. The quantitative estimate of drug-likeness (QED) is 0.225. The maximum Gasteiger partial charge on any atom is 0.430 e. The zero-order chi connectivity index (χ0) is 38.2. The highest BCUT2D eigenvalue weighted by Gasteiger charge is 2.73. The van der Waals surface area contributed by atoms with Crippen molar-refractivity contribution in [2.75, 3.05) is 50.8 Å². The Morgan fingerprint density at radius 2 is 1.60 bits per heavy atom. The van der Waals surface area contributed by atoms with Crippen LogP contribution < -0.4 is 19.7 Å². The molecule has 3 aliphatic rings. The van der Waals surface area contributed by atoms with Gasteiger partial charge in [0.05, 0.1) is 18.5 Å². The van der Waals surface area contributed by atoms with Gasteiger partial charge in [0, 0.05) is 43.5 Å². The van der Waals surface area contributed by atoms with E-state index in [1.807, 2.05) is 0 Å². The third kappa shape index (κ3) is 6.96. The molecule has 3 aromatic rings. The van der Waals surface area contributed by atoms with Gasteiger partial charge in [0.2, 0.25) is 5.91 Å². The molecule has 2 saturated heterocycles. The average Bonchev–Trinajstić information content (AvgIpc) is 3.34. The van der Waals surface area contributed by atoms with Crippen molar-refractivity contribution in [1.82, 2.24) is 20.1 Å². The zero-order valence-electron chi connectivity index (χ0n) is 28.6. The number of carbonyl (C=O) groups excluding carboxylic acids is 3. The second-order valence-corrected chi connectivity index (χ2v) is 12.8. The summed E-state index contributed by atoms with van der Waals surface area (Å²) in [4.78, 5) is 48.0. The number of rotatable bonds is 9. The van der Waals surface area contributed by atoms with Gasteiger partial charge >= 0.3 is 18.4 Å². The number of nitrogens with zero attached hydrogens (tertiary/aromatic N) is 4. The maximum absolute atomic E-state index is 14.6. The molecule has 4 amide bonds. The van der Waals surface area contributed by atoms with Crippen LogP contribution in [0, 0.1) is 0 Å². The predicted molar refractivity (Wildman–Crippen MR) is 178 cm³/mol. The number of imide groups is 1. The number of nitrogens with one attached hydrogen (secondary N) is 1. The van der Waals surface area contributed by atoms with Gasteiger partial charge in [-0.15, -0.1) is 0 Å². The summed E-state index contributed by atoms with van der Waals surface area (Å²) in [6.45, 7) is 2.65. The number of carbonyl (C=O) groups is 3. The Labute approximate surface area is 300 Å². The van der Waals surface area contributed by atoms with Crippen LogP contribution in [0.5, 0.6) is 11.5 Å². The summed E-state index contributed by atoms with van der Waals surface area (Å²) in [5.41, 5.74) is -6.59. The number of hydrogen-bond donors (Lipinski definition) is 1. The SMILES string of the molecule is C/C=C\c1cc(C(OCc2ccccc2)(C(F)(F)F)C(F)(F)F)ccc1N1CCN(C(=O)CN2C(=O)NC(C)(c3cc4c(cn3)OCCO4)C2=O)CC1. The Balaban J connectivity index is 1.16. The van der Waals surface area contributed by atoms with E-state index in [1.165, 1.54) is 66.6 Å². The van der Waals surface area contributed by atoms with Crippen molar-refractivity contribution in [3.63, 3.8) is 0 Å². The third-order valence-corrected chi connectivity index (χ3v) is 9.36. The fourth-order valence-corrected chi connectivity index (χ4v) is 6.54. The molecule has 0 bridgehead atoms. The van der Waals surface area contributed by atoms with E-state index in [0.29, 0.717) is 30.4 Å². The summed E-state index contributed by atoms with van der Waals surface area (Å²) >= 11 is 0. The lowest BCUT2D eigenvalue weighted by Crippen LogP contribution is -2.56. The first-order valence-corrected chi connectivity index (χ1v) is 16.6. The Kier molecular flexibility index (Phi) is 10.1. The molecule has 282 valence electrons. The number of hydrogen-bond acceptors (Lipinski definition) is 8. The molecule has 0 spiro atoms. The molecular formula is C36H35F6N5O6. The lowest BCUT2D eigenvalue weighted by Gasteiger charge is -2.39. The van der Waals surface area contributed by atoms with Gasteiger partial charge in [-0.05, 0) is 37.1 Å². The lowest BCUT2D eigenvalue weighted by atomic mass is 9.89. The van der Waals surface area contributed by atoms with E-state index in [-0.39, 0.29) is 43.0 Å². The van der Waals surface area contributed by atoms with Crippen LogP contribution in [-0.4, -0.2) is 90.9 Å². The lowest BCUT2D eigenvalue weighted by molar-refractivity contribution is -0.392. The van der Waals surface area contributed by atoms with Crippen LogP contribution in [0.3, 0.4) is 0 Å². The second-order valence-electron chi connectivity index (χ2n) is 12.8. The summed E-state index contributed by atoms with van der Waals surface area (Å²) in [5.74, 6) is -0.479. The van der Waals surface area contributed by atoms with E-state index in [4.69, 9.17) is 14.2 Å². The minimum atomic E-state index is -5.87. The molecule has 11 nitrogen and oxygen atoms in total. The average molecular weight is 748 g/mol. The maximum atomic E-state index is 14.6. The highest BCUT2D eigenvalue weighted by atomic mass is 19.4. The van der Waals surface area contributed by atoms with Gasteiger partial charge in [-0.1, -0.05) is 48.6 Å². The van der Waals surface area contributed by atoms with Crippen molar-refractivity contribution in [1.29, 1.82) is 0 Å². The number of allylic oxidation sites excluding steroid dienone is 1. The van der Waals surface area contributed by atoms with Gasteiger partial charge in [0.25, 0.3) is 11.5 Å². The van der Waals surface area contributed by atoms with Crippen molar-refractivity contribution in [3.8, 4) is 11.5 Å². The Morgan fingerprint density at radius 1 is 0.943 bits per heavy atom.